The molecule has 2 aromatic heterocycles. The molecule has 0 aliphatic carbocycles. The van der Waals surface area contributed by atoms with Gasteiger partial charge in [0.15, 0.2) is 5.52 Å². The van der Waals surface area contributed by atoms with Crippen molar-refractivity contribution in [3.05, 3.63) is 22.9 Å². The van der Waals surface area contributed by atoms with Crippen LogP contribution in [-0.2, 0) is 7.05 Å². The molecule has 6 heteroatoms. The Hall–Kier alpha value is -1.36. The molecule has 0 amide bonds. The van der Waals surface area contributed by atoms with Gasteiger partial charge in [-0.2, -0.15) is 5.10 Å². The summed E-state index contributed by atoms with van der Waals surface area (Å²) in [6.45, 7) is 0. The fourth-order valence-corrected chi connectivity index (χ4v) is 1.01. The van der Waals surface area contributed by atoms with E-state index in [-0.39, 0.29) is 18.0 Å². The summed E-state index contributed by atoms with van der Waals surface area (Å²) in [4.78, 5) is 17.5. The van der Waals surface area contributed by atoms with Gasteiger partial charge in [0.25, 0.3) is 5.56 Å². The highest BCUT2D eigenvalue weighted by atomic mass is 35.5. The lowest BCUT2D eigenvalue weighted by atomic mass is 10.5. The topological polar surface area (TPSA) is 63.6 Å². The Bertz CT molecular complexity index is 446. The number of aromatic amines is 1. The van der Waals surface area contributed by atoms with Crippen LogP contribution in [0.5, 0.6) is 0 Å². The minimum atomic E-state index is -0.157. The maximum absolute atomic E-state index is 11.1. The lowest BCUT2D eigenvalue weighted by Gasteiger charge is -1.89. The maximum Gasteiger partial charge on any atom is 0.276 e. The van der Waals surface area contributed by atoms with Crippen molar-refractivity contribution in [2.24, 2.45) is 7.05 Å². The van der Waals surface area contributed by atoms with Gasteiger partial charge in [0.05, 0.1) is 12.5 Å². The number of aryl methyl sites for hydroxylation is 1. The second kappa shape index (κ2) is 2.94. The monoisotopic (exact) mass is 186 g/mol. The van der Waals surface area contributed by atoms with Crippen LogP contribution in [0.1, 0.15) is 0 Å². The van der Waals surface area contributed by atoms with Gasteiger partial charge >= 0.3 is 0 Å². The van der Waals surface area contributed by atoms with E-state index in [0.717, 1.165) is 0 Å². The van der Waals surface area contributed by atoms with Crippen LogP contribution in [0, 0.1) is 0 Å². The molecule has 0 bridgehead atoms. The third-order valence-electron chi connectivity index (χ3n) is 1.53. The van der Waals surface area contributed by atoms with Gasteiger partial charge in [-0.05, 0) is 0 Å². The van der Waals surface area contributed by atoms with Gasteiger partial charge < -0.3 is 4.98 Å². The van der Waals surface area contributed by atoms with Crippen LogP contribution < -0.4 is 5.56 Å². The van der Waals surface area contributed by atoms with Gasteiger partial charge in [-0.15, -0.1) is 12.4 Å². The summed E-state index contributed by atoms with van der Waals surface area (Å²) in [6, 6.07) is 0. The van der Waals surface area contributed by atoms with Crippen molar-refractivity contribution in [3.8, 4) is 0 Å². The summed E-state index contributed by atoms with van der Waals surface area (Å²) in [5.74, 6) is 0. The predicted octanol–water partition coefficient (Wildman–Crippen LogP) is 0.0784. The van der Waals surface area contributed by atoms with Gasteiger partial charge in [-0.25, -0.2) is 4.98 Å². The van der Waals surface area contributed by atoms with Crippen molar-refractivity contribution in [2.45, 2.75) is 0 Å². The number of nitrogens with one attached hydrogen (secondary N) is 1. The molecule has 0 radical (unpaired) electrons. The van der Waals surface area contributed by atoms with Crippen molar-refractivity contribution in [3.63, 3.8) is 0 Å². The van der Waals surface area contributed by atoms with Gasteiger partial charge in [-0.1, -0.05) is 0 Å². The molecule has 0 aliphatic heterocycles. The SMILES string of the molecule is Cl.Cn1ncc2nc[nH]c(=O)c21. The lowest BCUT2D eigenvalue weighted by molar-refractivity contribution is 0.792. The van der Waals surface area contributed by atoms with Crippen LogP contribution in [0.2, 0.25) is 0 Å². The number of H-pyrrole nitrogens is 1. The van der Waals surface area contributed by atoms with Crippen molar-refractivity contribution >= 4 is 23.4 Å². The summed E-state index contributed by atoms with van der Waals surface area (Å²) < 4.78 is 1.50. The van der Waals surface area contributed by atoms with Gasteiger partial charge in [0.1, 0.15) is 5.52 Å². The Balaban J connectivity index is 0.000000720. The Morgan fingerprint density at radius 2 is 2.33 bits per heavy atom. The summed E-state index contributed by atoms with van der Waals surface area (Å²) in [6.07, 6.45) is 2.93. The molecule has 0 unspecified atom stereocenters. The second-order valence-corrected chi connectivity index (χ2v) is 2.23. The molecular formula is C6H7ClN4O. The van der Waals surface area contributed by atoms with E-state index >= 15 is 0 Å². The van der Waals surface area contributed by atoms with E-state index in [1.807, 2.05) is 0 Å². The summed E-state index contributed by atoms with van der Waals surface area (Å²) in [7, 11) is 1.71. The van der Waals surface area contributed by atoms with Crippen LogP contribution in [0.4, 0.5) is 0 Å². The first-order valence-electron chi connectivity index (χ1n) is 3.14. The largest absolute Gasteiger partial charge is 0.311 e. The normalized spacial score (nSPS) is 9.75. The zero-order valence-electron chi connectivity index (χ0n) is 6.31. The highest BCUT2D eigenvalue weighted by Gasteiger charge is 2.02. The molecule has 64 valence electrons. The first-order chi connectivity index (χ1) is 5.29. The number of hydrogen-bond acceptors (Lipinski definition) is 3. The van der Waals surface area contributed by atoms with Crippen LogP contribution >= 0.6 is 12.4 Å². The van der Waals surface area contributed by atoms with Crippen molar-refractivity contribution in [2.75, 3.05) is 0 Å². The van der Waals surface area contributed by atoms with Crippen LogP contribution in [0.3, 0.4) is 0 Å². The summed E-state index contributed by atoms with van der Waals surface area (Å²) in [5.41, 5.74) is 0.971. The van der Waals surface area contributed by atoms with Crippen LogP contribution in [0.25, 0.3) is 11.0 Å². The zero-order chi connectivity index (χ0) is 7.84. The van der Waals surface area contributed by atoms with Crippen molar-refractivity contribution in [1.82, 2.24) is 19.7 Å². The Kier molecular flexibility index (Phi) is 2.14. The third-order valence-corrected chi connectivity index (χ3v) is 1.53. The molecule has 0 aromatic carbocycles. The minimum absolute atomic E-state index is 0. The van der Waals surface area contributed by atoms with Crippen LogP contribution in [-0.4, -0.2) is 19.7 Å². The average Bonchev–Trinajstić information content (AvgIpc) is 2.34. The first kappa shape index (κ1) is 8.73. The highest BCUT2D eigenvalue weighted by Crippen LogP contribution is 2.00. The van der Waals surface area contributed by atoms with Crippen molar-refractivity contribution < 1.29 is 0 Å². The molecule has 0 saturated carbocycles. The van der Waals surface area contributed by atoms with E-state index in [1.165, 1.54) is 11.0 Å². The summed E-state index contributed by atoms with van der Waals surface area (Å²) in [5, 5.41) is 3.89. The number of fused-ring (bicyclic) bond motifs is 1. The quantitative estimate of drug-likeness (QED) is 0.634. The Morgan fingerprint density at radius 3 is 3.00 bits per heavy atom. The molecule has 0 spiro atoms. The molecule has 2 heterocycles. The van der Waals surface area contributed by atoms with E-state index in [4.69, 9.17) is 0 Å². The molecular weight excluding hydrogens is 180 g/mol. The molecule has 2 rings (SSSR count). The van der Waals surface area contributed by atoms with E-state index in [9.17, 15) is 4.79 Å². The lowest BCUT2D eigenvalue weighted by Crippen LogP contribution is -2.09. The summed E-state index contributed by atoms with van der Waals surface area (Å²) >= 11 is 0. The molecule has 5 nitrogen and oxygen atoms in total. The highest BCUT2D eigenvalue weighted by molar-refractivity contribution is 5.85. The Morgan fingerprint density at radius 1 is 1.58 bits per heavy atom. The second-order valence-electron chi connectivity index (χ2n) is 2.23. The van der Waals surface area contributed by atoms with Crippen LogP contribution in [0.15, 0.2) is 17.3 Å². The smallest absolute Gasteiger partial charge is 0.276 e. The zero-order valence-corrected chi connectivity index (χ0v) is 7.13. The fourth-order valence-electron chi connectivity index (χ4n) is 1.01. The van der Waals surface area contributed by atoms with E-state index in [0.29, 0.717) is 11.0 Å². The van der Waals surface area contributed by atoms with Gasteiger partial charge in [0.2, 0.25) is 0 Å². The van der Waals surface area contributed by atoms with Crippen molar-refractivity contribution in [1.29, 1.82) is 0 Å². The Labute approximate surface area is 73.8 Å². The van der Waals surface area contributed by atoms with E-state index in [1.54, 1.807) is 13.2 Å². The molecule has 0 saturated heterocycles. The van der Waals surface area contributed by atoms with E-state index in [2.05, 4.69) is 15.1 Å². The van der Waals surface area contributed by atoms with E-state index < -0.39 is 0 Å². The maximum atomic E-state index is 11.1. The molecule has 0 atom stereocenters. The number of hydrogen-bond donors (Lipinski definition) is 1. The first-order valence-corrected chi connectivity index (χ1v) is 3.14. The average molecular weight is 187 g/mol. The number of aromatic nitrogens is 4. The number of halogens is 1. The number of rotatable bonds is 0. The molecule has 1 N–H and O–H groups in total. The minimum Gasteiger partial charge on any atom is -0.311 e. The molecule has 12 heavy (non-hydrogen) atoms. The standard InChI is InChI=1S/C6H6N4O.ClH/c1-10-5-4(2-9-10)7-3-8-6(5)11;/h2-3H,1H3,(H,7,8,11);1H. The molecule has 2 aromatic rings. The fraction of sp³-hybridized carbons (Fsp3) is 0.167. The third kappa shape index (κ3) is 1.08. The predicted molar refractivity (Wildman–Crippen MR) is 46.4 cm³/mol. The van der Waals surface area contributed by atoms with Gasteiger partial charge in [-0.3, -0.25) is 9.48 Å². The molecule has 0 aliphatic rings. The molecule has 0 fully saturated rings. The number of nitrogens with zero attached hydrogens (tertiary/aromatic N) is 3. The van der Waals surface area contributed by atoms with Gasteiger partial charge in [0, 0.05) is 7.05 Å².